The Morgan fingerprint density at radius 3 is 1.51 bits per heavy atom. The Hall–Kier alpha value is -1.47. The number of carbonyl (C=O) groups excluding carboxylic acids is 2. The van der Waals surface area contributed by atoms with E-state index in [1.807, 2.05) is 0 Å². The molecule has 0 aliphatic carbocycles. The van der Waals surface area contributed by atoms with Gasteiger partial charge in [0.25, 0.3) is 0 Å². The van der Waals surface area contributed by atoms with Crippen molar-refractivity contribution in [1.82, 2.24) is 0 Å². The Morgan fingerprint density at radius 2 is 1.02 bits per heavy atom. The van der Waals surface area contributed by atoms with E-state index in [0.29, 0.717) is 6.42 Å². The summed E-state index contributed by atoms with van der Waals surface area (Å²) in [5.41, 5.74) is 0. The third kappa shape index (κ3) is 33.3. The number of esters is 2. The zero-order chi connectivity index (χ0) is 31.9. The van der Waals surface area contributed by atoms with Crippen LogP contribution in [0.25, 0.3) is 0 Å². The molecule has 0 unspecified atom stereocenters. The van der Waals surface area contributed by atoms with E-state index in [2.05, 4.69) is 42.7 Å². The quantitative estimate of drug-likeness (QED) is 0.0336. The monoisotopic (exact) mass is 630 g/mol. The van der Waals surface area contributed by atoms with Crippen LogP contribution in [0.5, 0.6) is 0 Å². The summed E-state index contributed by atoms with van der Waals surface area (Å²) in [6.07, 6.45) is 31.9. The van der Waals surface area contributed by atoms with Gasteiger partial charge in [0.15, 0.2) is 6.10 Å². The van der Waals surface area contributed by atoms with Gasteiger partial charge in [0, 0.05) is 12.8 Å². The lowest BCUT2D eigenvalue weighted by Gasteiger charge is -2.18. The molecule has 0 saturated carbocycles. The minimum absolute atomic E-state index is 0.196. The molecule has 1 atom stereocenters. The van der Waals surface area contributed by atoms with Crippen LogP contribution in [-0.4, -0.2) is 41.0 Å². The minimum atomic E-state index is -4.74. The smallest absolute Gasteiger partial charge is 0.462 e. The lowest BCUT2D eigenvalue weighted by atomic mass is 10.1. The van der Waals surface area contributed by atoms with Crippen LogP contribution in [0.3, 0.4) is 0 Å². The normalized spacial score (nSPS) is 12.7. The maximum Gasteiger partial charge on any atom is 0.469 e. The van der Waals surface area contributed by atoms with Crippen LogP contribution in [0, 0.1) is 0 Å². The van der Waals surface area contributed by atoms with Gasteiger partial charge in [0.05, 0.1) is 6.61 Å². The summed E-state index contributed by atoms with van der Waals surface area (Å²) in [4.78, 5) is 42.5. The largest absolute Gasteiger partial charge is 0.469 e. The molecule has 0 spiro atoms. The molecular weight excluding hydrogens is 567 g/mol. The van der Waals surface area contributed by atoms with E-state index < -0.39 is 32.5 Å². The molecule has 2 N–H and O–H groups in total. The molecule has 0 amide bonds. The van der Waals surface area contributed by atoms with Crippen LogP contribution in [0.4, 0.5) is 0 Å². The molecular formula is C34H63O8P. The molecule has 0 aliphatic rings. The summed E-state index contributed by atoms with van der Waals surface area (Å²) in [5.74, 6) is -0.903. The van der Waals surface area contributed by atoms with Crippen LogP contribution >= 0.6 is 7.82 Å². The number of rotatable bonds is 31. The van der Waals surface area contributed by atoms with Gasteiger partial charge in [0.2, 0.25) is 0 Å². The number of phosphoric acid groups is 1. The lowest BCUT2D eigenvalue weighted by molar-refractivity contribution is -0.161. The first-order valence-corrected chi connectivity index (χ1v) is 18.7. The zero-order valence-corrected chi connectivity index (χ0v) is 28.2. The molecule has 0 saturated heterocycles. The molecule has 9 heteroatoms. The molecule has 43 heavy (non-hydrogen) atoms. The average molecular weight is 631 g/mol. The van der Waals surface area contributed by atoms with Crippen molar-refractivity contribution in [2.45, 2.75) is 168 Å². The van der Waals surface area contributed by atoms with E-state index in [1.165, 1.54) is 70.6 Å². The van der Waals surface area contributed by atoms with E-state index in [9.17, 15) is 14.2 Å². The molecule has 0 aromatic rings. The molecule has 252 valence electrons. The van der Waals surface area contributed by atoms with Crippen LogP contribution in [0.2, 0.25) is 0 Å². The molecule has 0 aromatic carbocycles. The molecule has 0 rings (SSSR count). The first-order valence-electron chi connectivity index (χ1n) is 17.1. The first kappa shape index (κ1) is 41.5. The molecule has 8 nitrogen and oxygen atoms in total. The highest BCUT2D eigenvalue weighted by Gasteiger charge is 2.22. The van der Waals surface area contributed by atoms with Crippen molar-refractivity contribution in [3.63, 3.8) is 0 Å². The fourth-order valence-corrected chi connectivity index (χ4v) is 5.02. The van der Waals surface area contributed by atoms with Crippen molar-refractivity contribution in [2.24, 2.45) is 0 Å². The molecule has 0 aliphatic heterocycles. The van der Waals surface area contributed by atoms with Crippen molar-refractivity contribution in [3.05, 3.63) is 24.3 Å². The predicted molar refractivity (Wildman–Crippen MR) is 175 cm³/mol. The fourth-order valence-electron chi connectivity index (χ4n) is 4.66. The van der Waals surface area contributed by atoms with E-state index >= 15 is 0 Å². The van der Waals surface area contributed by atoms with Gasteiger partial charge in [-0.3, -0.25) is 14.1 Å². The van der Waals surface area contributed by atoms with Gasteiger partial charge < -0.3 is 19.3 Å². The number of hydrogen-bond acceptors (Lipinski definition) is 6. The van der Waals surface area contributed by atoms with Crippen LogP contribution in [0.15, 0.2) is 24.3 Å². The molecule has 0 aromatic heterocycles. The summed E-state index contributed by atoms with van der Waals surface area (Å²) in [5, 5.41) is 0. The Kier molecular flexibility index (Phi) is 29.5. The summed E-state index contributed by atoms with van der Waals surface area (Å²) in [6, 6.07) is 0. The zero-order valence-electron chi connectivity index (χ0n) is 27.4. The van der Waals surface area contributed by atoms with Gasteiger partial charge in [-0.1, -0.05) is 134 Å². The topological polar surface area (TPSA) is 119 Å². The number of ether oxygens (including phenoxy) is 2. The molecule has 0 fully saturated rings. The Labute approximate surface area is 262 Å². The van der Waals surface area contributed by atoms with Crippen molar-refractivity contribution in [1.29, 1.82) is 0 Å². The predicted octanol–water partition coefficient (Wildman–Crippen LogP) is 9.68. The van der Waals surface area contributed by atoms with Crippen molar-refractivity contribution >= 4 is 19.8 Å². The average Bonchev–Trinajstić information content (AvgIpc) is 2.97. The van der Waals surface area contributed by atoms with E-state index in [-0.39, 0.29) is 19.4 Å². The fraction of sp³-hybridized carbons (Fsp3) is 0.824. The van der Waals surface area contributed by atoms with Gasteiger partial charge in [-0.15, -0.1) is 0 Å². The maximum absolute atomic E-state index is 12.3. The van der Waals surface area contributed by atoms with Crippen molar-refractivity contribution in [3.8, 4) is 0 Å². The van der Waals surface area contributed by atoms with E-state index in [0.717, 1.165) is 57.8 Å². The lowest BCUT2D eigenvalue weighted by Crippen LogP contribution is -2.29. The second kappa shape index (κ2) is 30.6. The number of carbonyl (C=O) groups is 2. The summed E-state index contributed by atoms with van der Waals surface area (Å²) in [6.45, 7) is 3.61. The first-order chi connectivity index (χ1) is 20.8. The van der Waals surface area contributed by atoms with Crippen LogP contribution < -0.4 is 0 Å². The Bertz CT molecular complexity index is 761. The highest BCUT2D eigenvalue weighted by atomic mass is 31.2. The van der Waals surface area contributed by atoms with Gasteiger partial charge >= 0.3 is 19.8 Å². The van der Waals surface area contributed by atoms with Gasteiger partial charge in [-0.05, 0) is 38.5 Å². The van der Waals surface area contributed by atoms with Crippen molar-refractivity contribution in [2.75, 3.05) is 13.2 Å². The summed E-state index contributed by atoms with van der Waals surface area (Å²) in [7, 11) is -4.74. The molecule has 0 radical (unpaired) electrons. The summed E-state index contributed by atoms with van der Waals surface area (Å²) >= 11 is 0. The third-order valence-corrected chi connectivity index (χ3v) is 7.74. The molecule has 0 heterocycles. The van der Waals surface area contributed by atoms with E-state index in [4.69, 9.17) is 19.3 Å². The number of unbranched alkanes of at least 4 members (excludes halogenated alkanes) is 18. The number of allylic oxidation sites excluding steroid dienone is 4. The third-order valence-electron chi connectivity index (χ3n) is 7.25. The van der Waals surface area contributed by atoms with E-state index in [1.54, 1.807) is 0 Å². The van der Waals surface area contributed by atoms with Gasteiger partial charge in [0.1, 0.15) is 6.61 Å². The Morgan fingerprint density at radius 1 is 0.605 bits per heavy atom. The van der Waals surface area contributed by atoms with Gasteiger partial charge in [-0.25, -0.2) is 4.57 Å². The van der Waals surface area contributed by atoms with Crippen molar-refractivity contribution < 1.29 is 37.9 Å². The highest BCUT2D eigenvalue weighted by molar-refractivity contribution is 7.46. The second-order valence-electron chi connectivity index (χ2n) is 11.5. The Balaban J connectivity index is 4.04. The number of phosphoric ester groups is 1. The molecule has 0 bridgehead atoms. The highest BCUT2D eigenvalue weighted by Crippen LogP contribution is 2.35. The maximum atomic E-state index is 12.3. The van der Waals surface area contributed by atoms with Gasteiger partial charge in [-0.2, -0.15) is 0 Å². The van der Waals surface area contributed by atoms with Crippen LogP contribution in [0.1, 0.15) is 162 Å². The van der Waals surface area contributed by atoms with Crippen LogP contribution in [-0.2, 0) is 28.2 Å². The minimum Gasteiger partial charge on any atom is -0.462 e. The SMILES string of the molecule is CCCCCC/C=C/C=C/CCCCCCCC(=O)O[C@H](COC(=O)CCCCCCCCCCCC)COP(=O)(O)O. The summed E-state index contributed by atoms with van der Waals surface area (Å²) < 4.78 is 26.2. The second-order valence-corrected chi connectivity index (χ2v) is 12.8. The standard InChI is InChI=1S/C34H63O8P/c1-3-5-7-9-11-13-15-16-17-18-19-21-23-25-27-29-34(36)42-32(31-41-43(37,38)39)30-40-33(35)28-26-24-22-20-14-12-10-8-6-4-2/h13,15-17,32H,3-12,14,18-31H2,1-2H3,(H2,37,38,39)/b15-13+,17-16+/t32-/m1/s1. The number of hydrogen-bond donors (Lipinski definition) is 2.